The molecule has 2 amide bonds. The predicted molar refractivity (Wildman–Crippen MR) is 120 cm³/mol. The Morgan fingerprint density at radius 3 is 2.68 bits per heavy atom. The summed E-state index contributed by atoms with van der Waals surface area (Å²) in [4.78, 5) is 50.4. The zero-order valence-corrected chi connectivity index (χ0v) is 17.5. The summed E-state index contributed by atoms with van der Waals surface area (Å²) in [6.07, 6.45) is 2.53. The zero-order valence-electron chi connectivity index (χ0n) is 16.7. The van der Waals surface area contributed by atoms with Crippen LogP contribution >= 0.6 is 11.3 Å². The predicted octanol–water partition coefficient (Wildman–Crippen LogP) is 2.20. The van der Waals surface area contributed by atoms with Crippen molar-refractivity contribution in [2.75, 3.05) is 17.7 Å². The largest absolute Gasteiger partial charge is 0.388 e. The number of carbonyl (C=O) groups is 1. The molecule has 0 saturated carbocycles. The van der Waals surface area contributed by atoms with Gasteiger partial charge in [0.05, 0.1) is 29.8 Å². The molecule has 0 aliphatic carbocycles. The lowest BCUT2D eigenvalue weighted by molar-refractivity contribution is 0.251. The minimum absolute atomic E-state index is 0.0471. The molecule has 31 heavy (non-hydrogen) atoms. The minimum atomic E-state index is -0.634. The molecule has 0 saturated heterocycles. The summed E-state index contributed by atoms with van der Waals surface area (Å²) in [5.41, 5.74) is 0.0371. The van der Waals surface area contributed by atoms with Gasteiger partial charge >= 0.3 is 11.7 Å². The van der Waals surface area contributed by atoms with Gasteiger partial charge in [-0.25, -0.2) is 24.1 Å². The Morgan fingerprint density at radius 2 is 2.00 bits per heavy atom. The molecule has 0 atom stereocenters. The molecule has 0 unspecified atom stereocenters. The van der Waals surface area contributed by atoms with Crippen LogP contribution in [0.25, 0.3) is 16.7 Å². The summed E-state index contributed by atoms with van der Waals surface area (Å²) in [6, 6.07) is 8.54. The van der Waals surface area contributed by atoms with Crippen molar-refractivity contribution in [1.29, 1.82) is 0 Å². The van der Waals surface area contributed by atoms with Crippen molar-refractivity contribution in [3.8, 4) is 5.82 Å². The molecule has 0 radical (unpaired) electrons. The molecule has 0 aliphatic heterocycles. The fraction of sp³-hybridized carbons (Fsp3) is 0.150. The first-order valence-electron chi connectivity index (χ1n) is 9.34. The molecule has 3 aromatic heterocycles. The molecule has 0 aliphatic rings. The van der Waals surface area contributed by atoms with Gasteiger partial charge in [0.1, 0.15) is 0 Å². The van der Waals surface area contributed by atoms with Crippen molar-refractivity contribution in [2.45, 2.75) is 13.5 Å². The summed E-state index contributed by atoms with van der Waals surface area (Å²) < 4.78 is 0.900. The van der Waals surface area contributed by atoms with Gasteiger partial charge in [0.2, 0.25) is 0 Å². The molecular weight excluding hydrogens is 418 g/mol. The van der Waals surface area contributed by atoms with E-state index in [0.717, 1.165) is 15.1 Å². The van der Waals surface area contributed by atoms with E-state index in [1.165, 1.54) is 17.3 Å². The van der Waals surface area contributed by atoms with Gasteiger partial charge in [-0.2, -0.15) is 0 Å². The summed E-state index contributed by atoms with van der Waals surface area (Å²) in [5, 5.41) is 8.59. The maximum absolute atomic E-state index is 12.8. The van der Waals surface area contributed by atoms with Crippen LogP contribution in [0, 0.1) is 6.92 Å². The third-order valence-electron chi connectivity index (χ3n) is 4.51. The quantitative estimate of drug-likeness (QED) is 0.378. The molecule has 10 nitrogen and oxygen atoms in total. The molecule has 4 aromatic rings. The number of hydrogen-bond donors (Lipinski definition) is 4. The SMILES string of the molecule is CNc1ccc2c(=O)n(-c3cnc(NC(=O)NCc4ccc(C)s4)cn3)c(=O)[nH]c2c1. The van der Waals surface area contributed by atoms with E-state index >= 15 is 0 Å². The average Bonchev–Trinajstić information content (AvgIpc) is 3.18. The number of nitrogens with one attached hydrogen (secondary N) is 4. The minimum Gasteiger partial charge on any atom is -0.388 e. The van der Waals surface area contributed by atoms with E-state index in [1.54, 1.807) is 36.6 Å². The molecule has 4 N–H and O–H groups in total. The Labute approximate surface area is 180 Å². The number of aryl methyl sites for hydroxylation is 1. The number of fused-ring (bicyclic) bond motifs is 1. The lowest BCUT2D eigenvalue weighted by atomic mass is 10.2. The van der Waals surface area contributed by atoms with Crippen LogP contribution in [0.5, 0.6) is 0 Å². The van der Waals surface area contributed by atoms with E-state index in [0.29, 0.717) is 17.4 Å². The highest BCUT2D eigenvalue weighted by Gasteiger charge is 2.12. The maximum Gasteiger partial charge on any atom is 0.334 e. The van der Waals surface area contributed by atoms with Crippen LogP contribution in [-0.2, 0) is 6.54 Å². The molecular formula is C20H19N7O3S. The number of amides is 2. The van der Waals surface area contributed by atoms with Gasteiger partial charge in [-0.15, -0.1) is 11.3 Å². The van der Waals surface area contributed by atoms with E-state index in [9.17, 15) is 14.4 Å². The Bertz CT molecular complexity index is 1370. The van der Waals surface area contributed by atoms with Gasteiger partial charge < -0.3 is 15.6 Å². The lowest BCUT2D eigenvalue weighted by Crippen LogP contribution is -2.34. The van der Waals surface area contributed by atoms with E-state index in [2.05, 4.69) is 30.9 Å². The topological polar surface area (TPSA) is 134 Å². The van der Waals surface area contributed by atoms with Gasteiger partial charge in [-0.05, 0) is 37.3 Å². The van der Waals surface area contributed by atoms with Crippen molar-refractivity contribution < 1.29 is 4.79 Å². The number of aromatic nitrogens is 4. The van der Waals surface area contributed by atoms with Crippen molar-refractivity contribution >= 4 is 39.8 Å². The normalized spacial score (nSPS) is 10.8. The highest BCUT2D eigenvalue weighted by atomic mass is 32.1. The fourth-order valence-corrected chi connectivity index (χ4v) is 3.82. The van der Waals surface area contributed by atoms with Crippen molar-refractivity contribution in [3.63, 3.8) is 0 Å². The molecule has 1 aromatic carbocycles. The second kappa shape index (κ2) is 8.40. The molecule has 0 spiro atoms. The average molecular weight is 437 g/mol. The highest BCUT2D eigenvalue weighted by Crippen LogP contribution is 2.15. The first-order valence-corrected chi connectivity index (χ1v) is 10.2. The van der Waals surface area contributed by atoms with Crippen LogP contribution in [0.3, 0.4) is 0 Å². The number of carbonyl (C=O) groups excluding carboxylic acids is 1. The molecule has 158 valence electrons. The standard InChI is InChI=1S/C20H19N7O3S/c1-11-3-5-13(31-11)8-24-19(29)26-16-9-23-17(10-22-16)27-18(28)14-6-4-12(21-2)7-15(14)25-20(27)30/h3-7,9-10,21H,8H2,1-2H3,(H,25,30)(H2,22,24,26,29). The van der Waals surface area contributed by atoms with E-state index in [4.69, 9.17) is 0 Å². The van der Waals surface area contributed by atoms with Crippen molar-refractivity contribution in [3.05, 3.63) is 73.3 Å². The third-order valence-corrected chi connectivity index (χ3v) is 5.52. The summed E-state index contributed by atoms with van der Waals surface area (Å²) >= 11 is 1.60. The van der Waals surface area contributed by atoms with Gasteiger partial charge in [0.25, 0.3) is 5.56 Å². The van der Waals surface area contributed by atoms with Gasteiger partial charge in [0.15, 0.2) is 11.6 Å². The number of anilines is 2. The fourth-order valence-electron chi connectivity index (χ4n) is 2.99. The van der Waals surface area contributed by atoms with E-state index in [1.807, 2.05) is 19.1 Å². The number of nitrogens with zero attached hydrogens (tertiary/aromatic N) is 3. The number of urea groups is 1. The van der Waals surface area contributed by atoms with Crippen LogP contribution in [-0.4, -0.2) is 32.6 Å². The lowest BCUT2D eigenvalue weighted by Gasteiger charge is -2.08. The summed E-state index contributed by atoms with van der Waals surface area (Å²) in [6.45, 7) is 2.39. The maximum atomic E-state index is 12.8. The number of thiophene rings is 1. The number of hydrogen-bond acceptors (Lipinski definition) is 7. The molecule has 11 heteroatoms. The van der Waals surface area contributed by atoms with E-state index in [-0.39, 0.29) is 11.6 Å². The zero-order chi connectivity index (χ0) is 22.0. The third kappa shape index (κ3) is 4.31. The Hall–Kier alpha value is -3.99. The summed E-state index contributed by atoms with van der Waals surface area (Å²) in [7, 11) is 1.75. The van der Waals surface area contributed by atoms with Gasteiger partial charge in [-0.3, -0.25) is 10.1 Å². The Balaban J connectivity index is 1.52. The molecule has 3 heterocycles. The number of aromatic amines is 1. The number of benzene rings is 1. The summed E-state index contributed by atoms with van der Waals surface area (Å²) in [5.74, 6) is 0.235. The van der Waals surface area contributed by atoms with E-state index < -0.39 is 17.3 Å². The Morgan fingerprint density at radius 1 is 1.16 bits per heavy atom. The monoisotopic (exact) mass is 437 g/mol. The highest BCUT2D eigenvalue weighted by molar-refractivity contribution is 7.11. The molecule has 0 fully saturated rings. The first-order chi connectivity index (χ1) is 14.9. The first kappa shape index (κ1) is 20.3. The number of rotatable bonds is 5. The van der Waals surface area contributed by atoms with Crippen LogP contribution in [0.1, 0.15) is 9.75 Å². The van der Waals surface area contributed by atoms with Gasteiger partial charge in [-0.1, -0.05) is 0 Å². The number of H-pyrrole nitrogens is 1. The van der Waals surface area contributed by atoms with Crippen molar-refractivity contribution in [2.24, 2.45) is 0 Å². The van der Waals surface area contributed by atoms with Crippen LogP contribution in [0.4, 0.5) is 16.3 Å². The molecule has 4 rings (SSSR count). The Kier molecular flexibility index (Phi) is 5.50. The smallest absolute Gasteiger partial charge is 0.334 e. The molecule has 0 bridgehead atoms. The second-order valence-electron chi connectivity index (χ2n) is 6.66. The van der Waals surface area contributed by atoms with Crippen molar-refractivity contribution in [1.82, 2.24) is 24.8 Å². The van der Waals surface area contributed by atoms with Gasteiger partial charge in [0, 0.05) is 22.5 Å². The van der Waals surface area contributed by atoms with Crippen LogP contribution < -0.4 is 27.2 Å². The van der Waals surface area contributed by atoms with Crippen LogP contribution in [0.15, 0.2) is 52.3 Å². The van der Waals surface area contributed by atoms with Crippen LogP contribution in [0.2, 0.25) is 0 Å². The second-order valence-corrected chi connectivity index (χ2v) is 8.03.